The van der Waals surface area contributed by atoms with Gasteiger partial charge in [-0.1, -0.05) is 115 Å². The number of nitrogens with one attached hydrogen (secondary N) is 1. The maximum Gasteiger partial charge on any atom is 0.249 e. The van der Waals surface area contributed by atoms with E-state index in [1.165, 1.54) is 38.5 Å². The molecule has 10 nitrogen and oxygen atoms in total. The molecule has 0 saturated carbocycles. The molecule has 1 saturated heterocycles. The Morgan fingerprint density at radius 3 is 1.91 bits per heavy atom. The fraction of sp³-hybridized carbons (Fsp3) is 0.800. The number of aliphatic hydroxyl groups is 6. The Balaban J connectivity index is 2.65. The molecule has 8 unspecified atom stereocenters. The first-order valence-corrected chi connectivity index (χ1v) is 17.3. The van der Waals surface area contributed by atoms with Crippen molar-refractivity contribution in [3.05, 3.63) is 36.5 Å². The van der Waals surface area contributed by atoms with E-state index in [1.807, 2.05) is 6.08 Å². The summed E-state index contributed by atoms with van der Waals surface area (Å²) >= 11 is 0. The third-order valence-electron chi connectivity index (χ3n) is 8.05. The molecule has 0 aromatic rings. The number of carbonyl (C=O) groups is 1. The van der Waals surface area contributed by atoms with Crippen LogP contribution in [0.1, 0.15) is 117 Å². The van der Waals surface area contributed by atoms with Crippen molar-refractivity contribution in [2.75, 3.05) is 13.2 Å². The predicted octanol–water partition coefficient (Wildman–Crippen LogP) is 3.96. The third-order valence-corrected chi connectivity index (χ3v) is 8.05. The van der Waals surface area contributed by atoms with Gasteiger partial charge in [0.1, 0.15) is 30.5 Å². The molecular formula is C35H63NO9. The van der Waals surface area contributed by atoms with Crippen LogP contribution < -0.4 is 5.32 Å². The van der Waals surface area contributed by atoms with E-state index in [4.69, 9.17) is 9.47 Å². The van der Waals surface area contributed by atoms with Crippen molar-refractivity contribution in [2.45, 2.75) is 166 Å². The molecule has 0 aromatic carbocycles. The average molecular weight is 642 g/mol. The first-order valence-electron chi connectivity index (χ1n) is 17.3. The van der Waals surface area contributed by atoms with Gasteiger partial charge in [0.2, 0.25) is 5.91 Å². The topological polar surface area (TPSA) is 169 Å². The number of rotatable bonds is 26. The largest absolute Gasteiger partial charge is 0.394 e. The van der Waals surface area contributed by atoms with Gasteiger partial charge in [-0.3, -0.25) is 4.79 Å². The van der Waals surface area contributed by atoms with Gasteiger partial charge in [-0.25, -0.2) is 0 Å². The lowest BCUT2D eigenvalue weighted by Gasteiger charge is -2.40. The summed E-state index contributed by atoms with van der Waals surface area (Å²) in [7, 11) is 0. The SMILES string of the molecule is CCCC/C=C/CC/C=C/CC/C=C/C(O)C(COC1OC(CO)C(O)C(O)C1O)NC(=O)C(O)CCCCCCCCCC. The molecule has 262 valence electrons. The second kappa shape index (κ2) is 26.4. The number of amides is 1. The maximum atomic E-state index is 12.8. The van der Waals surface area contributed by atoms with Crippen LogP contribution in [0.5, 0.6) is 0 Å². The summed E-state index contributed by atoms with van der Waals surface area (Å²) in [5.41, 5.74) is 0. The number of unbranched alkanes of at least 4 members (excludes halogenated alkanes) is 11. The quantitative estimate of drug-likeness (QED) is 0.0546. The molecule has 1 amide bonds. The fourth-order valence-electron chi connectivity index (χ4n) is 5.06. The van der Waals surface area contributed by atoms with E-state index < -0.39 is 61.5 Å². The Labute approximate surface area is 271 Å². The van der Waals surface area contributed by atoms with Crippen LogP contribution in [0.15, 0.2) is 36.5 Å². The Kier molecular flexibility index (Phi) is 24.3. The Hall–Kier alpha value is -1.63. The molecule has 8 atom stereocenters. The number of hydrogen-bond acceptors (Lipinski definition) is 9. The van der Waals surface area contributed by atoms with Crippen molar-refractivity contribution >= 4 is 5.91 Å². The summed E-state index contributed by atoms with van der Waals surface area (Å²) in [6.07, 6.45) is 18.3. The van der Waals surface area contributed by atoms with Crippen LogP contribution in [0.2, 0.25) is 0 Å². The molecule has 10 heteroatoms. The van der Waals surface area contributed by atoms with Gasteiger partial charge in [0, 0.05) is 0 Å². The smallest absolute Gasteiger partial charge is 0.249 e. The monoisotopic (exact) mass is 641 g/mol. The highest BCUT2D eigenvalue weighted by Crippen LogP contribution is 2.22. The van der Waals surface area contributed by atoms with Crippen molar-refractivity contribution in [3.8, 4) is 0 Å². The summed E-state index contributed by atoms with van der Waals surface area (Å²) in [4.78, 5) is 12.8. The number of hydrogen-bond donors (Lipinski definition) is 7. The lowest BCUT2D eigenvalue weighted by atomic mass is 9.99. The molecule has 7 N–H and O–H groups in total. The molecule has 1 aliphatic heterocycles. The molecule has 0 aliphatic carbocycles. The van der Waals surface area contributed by atoms with E-state index in [0.717, 1.165) is 44.9 Å². The highest BCUT2D eigenvalue weighted by atomic mass is 16.7. The number of aliphatic hydroxyl groups excluding tert-OH is 6. The van der Waals surface area contributed by atoms with Crippen LogP contribution in [0.4, 0.5) is 0 Å². The molecule has 0 radical (unpaired) electrons. The van der Waals surface area contributed by atoms with Gasteiger partial charge in [0.15, 0.2) is 6.29 Å². The second-order valence-electron chi connectivity index (χ2n) is 12.1. The van der Waals surface area contributed by atoms with Crippen LogP contribution in [0.3, 0.4) is 0 Å². The van der Waals surface area contributed by atoms with Gasteiger partial charge in [0.25, 0.3) is 0 Å². The van der Waals surface area contributed by atoms with Gasteiger partial charge >= 0.3 is 0 Å². The Bertz CT molecular complexity index is 819. The molecule has 0 bridgehead atoms. The molecule has 0 aromatic heterocycles. The van der Waals surface area contributed by atoms with Crippen LogP contribution in [0.25, 0.3) is 0 Å². The minimum atomic E-state index is -1.61. The lowest BCUT2D eigenvalue weighted by molar-refractivity contribution is -0.302. The zero-order valence-electron chi connectivity index (χ0n) is 27.7. The van der Waals surface area contributed by atoms with Crippen LogP contribution in [-0.2, 0) is 14.3 Å². The molecule has 45 heavy (non-hydrogen) atoms. The number of ether oxygens (including phenoxy) is 2. The van der Waals surface area contributed by atoms with Crippen molar-refractivity contribution < 1.29 is 44.9 Å². The molecule has 1 fully saturated rings. The van der Waals surface area contributed by atoms with Crippen molar-refractivity contribution in [1.82, 2.24) is 5.32 Å². The minimum Gasteiger partial charge on any atom is -0.394 e. The normalized spacial score (nSPS) is 24.5. The molecule has 0 spiro atoms. The number of allylic oxidation sites excluding steroid dienone is 5. The highest BCUT2D eigenvalue weighted by molar-refractivity contribution is 5.80. The van der Waals surface area contributed by atoms with Crippen LogP contribution >= 0.6 is 0 Å². The van der Waals surface area contributed by atoms with Crippen LogP contribution in [0, 0.1) is 0 Å². The standard InChI is InChI=1S/C35H63NO9/c1-3-5-7-9-11-13-14-15-16-18-19-21-23-28(38)27(26-44-35-33(42)32(41)31(40)30(25-37)45-35)36-34(43)29(39)24-22-20-17-12-10-8-6-4-2/h9,11,15-16,21,23,27-33,35,37-42H,3-8,10,12-14,17-20,22,24-26H2,1-2H3,(H,36,43)/b11-9+,16-15+,23-21+. The number of carbonyl (C=O) groups excluding carboxylic acids is 1. The third kappa shape index (κ3) is 18.3. The summed E-state index contributed by atoms with van der Waals surface area (Å²) < 4.78 is 11.0. The van der Waals surface area contributed by atoms with Crippen LogP contribution in [-0.4, -0.2) is 98.7 Å². The predicted molar refractivity (Wildman–Crippen MR) is 176 cm³/mol. The summed E-state index contributed by atoms with van der Waals surface area (Å²) in [6, 6.07) is -0.996. The van der Waals surface area contributed by atoms with Gasteiger partial charge in [0.05, 0.1) is 25.4 Å². The zero-order valence-corrected chi connectivity index (χ0v) is 27.7. The first-order chi connectivity index (χ1) is 21.8. The van der Waals surface area contributed by atoms with E-state index >= 15 is 0 Å². The zero-order chi connectivity index (χ0) is 33.3. The van der Waals surface area contributed by atoms with E-state index in [9.17, 15) is 35.4 Å². The second-order valence-corrected chi connectivity index (χ2v) is 12.1. The van der Waals surface area contributed by atoms with Gasteiger partial charge in [-0.05, 0) is 38.5 Å². The van der Waals surface area contributed by atoms with E-state index in [-0.39, 0.29) is 6.61 Å². The molecule has 1 aliphatic rings. The summed E-state index contributed by atoms with van der Waals surface area (Å²) in [5.74, 6) is -0.639. The van der Waals surface area contributed by atoms with Gasteiger partial charge < -0.3 is 45.4 Å². The Morgan fingerprint density at radius 2 is 1.31 bits per heavy atom. The molecular weight excluding hydrogens is 578 g/mol. The average Bonchev–Trinajstić information content (AvgIpc) is 3.04. The van der Waals surface area contributed by atoms with Crippen molar-refractivity contribution in [2.24, 2.45) is 0 Å². The Morgan fingerprint density at radius 1 is 0.756 bits per heavy atom. The molecule has 1 rings (SSSR count). The van der Waals surface area contributed by atoms with E-state index in [2.05, 4.69) is 43.5 Å². The van der Waals surface area contributed by atoms with Gasteiger partial charge in [-0.2, -0.15) is 0 Å². The summed E-state index contributed by atoms with van der Waals surface area (Å²) in [6.45, 7) is 3.44. The van der Waals surface area contributed by atoms with Gasteiger partial charge in [-0.15, -0.1) is 0 Å². The van der Waals surface area contributed by atoms with E-state index in [0.29, 0.717) is 19.3 Å². The van der Waals surface area contributed by atoms with E-state index in [1.54, 1.807) is 6.08 Å². The fourth-order valence-corrected chi connectivity index (χ4v) is 5.06. The highest BCUT2D eigenvalue weighted by Gasteiger charge is 2.44. The lowest BCUT2D eigenvalue weighted by Crippen LogP contribution is -2.60. The first kappa shape index (κ1) is 41.4. The summed E-state index contributed by atoms with van der Waals surface area (Å²) in [5, 5.41) is 63.9. The molecule has 1 heterocycles. The minimum absolute atomic E-state index is 0.299. The maximum absolute atomic E-state index is 12.8. The van der Waals surface area contributed by atoms with Crippen molar-refractivity contribution in [1.29, 1.82) is 0 Å². The van der Waals surface area contributed by atoms with Crippen molar-refractivity contribution in [3.63, 3.8) is 0 Å².